The molecule has 0 saturated heterocycles. The summed E-state index contributed by atoms with van der Waals surface area (Å²) in [6, 6.07) is 47.9. The molecule has 0 saturated carbocycles. The summed E-state index contributed by atoms with van der Waals surface area (Å²) in [5.41, 5.74) is 0. The zero-order valence-corrected chi connectivity index (χ0v) is 20.5. The Kier molecular flexibility index (Phi) is 4.81. The van der Waals surface area contributed by atoms with Gasteiger partial charge in [-0.2, -0.15) is 0 Å². The molecule has 7 rings (SSSR count). The van der Waals surface area contributed by atoms with E-state index in [9.17, 15) is 0 Å². The standard InChI is InChI=1S/C34H23OP/c35-36(27-11-3-1-4-12-27,28-13-5-2-6-14-28)32-17-9-16-31-30(32)23-22-26-21-20-25-19-18-24-10-7-8-15-29(24)33(25)34(26)31/h1-23H. The SMILES string of the molecule is O=P(c1ccccc1)(c1ccccc1)c1cccc2c1ccc1ccc3ccc4ccccc4c3c12. The van der Waals surface area contributed by atoms with Crippen molar-refractivity contribution in [2.75, 3.05) is 0 Å². The van der Waals surface area contributed by atoms with Gasteiger partial charge in [0.05, 0.1) is 0 Å². The third kappa shape index (κ3) is 3.07. The molecule has 0 bridgehead atoms. The average Bonchev–Trinajstić information content (AvgIpc) is 2.96. The first-order chi connectivity index (χ1) is 17.7. The molecule has 0 unspecified atom stereocenters. The zero-order valence-electron chi connectivity index (χ0n) is 19.6. The van der Waals surface area contributed by atoms with E-state index >= 15 is 4.57 Å². The average molecular weight is 479 g/mol. The number of hydrogen-bond donors (Lipinski definition) is 0. The van der Waals surface area contributed by atoms with E-state index in [-0.39, 0.29) is 0 Å². The fraction of sp³-hybridized carbons (Fsp3) is 0. The highest BCUT2D eigenvalue weighted by molar-refractivity contribution is 7.85. The van der Waals surface area contributed by atoms with Gasteiger partial charge in [0.15, 0.2) is 7.14 Å². The van der Waals surface area contributed by atoms with Crippen LogP contribution in [0, 0.1) is 0 Å². The van der Waals surface area contributed by atoms with Gasteiger partial charge in [-0.25, -0.2) is 0 Å². The lowest BCUT2D eigenvalue weighted by atomic mass is 9.93. The molecule has 7 aromatic rings. The molecule has 0 aliphatic rings. The van der Waals surface area contributed by atoms with Gasteiger partial charge in [0.25, 0.3) is 0 Å². The third-order valence-corrected chi connectivity index (χ3v) is 10.4. The van der Waals surface area contributed by atoms with Crippen molar-refractivity contribution in [2.45, 2.75) is 0 Å². The van der Waals surface area contributed by atoms with Gasteiger partial charge in [-0.1, -0.05) is 140 Å². The highest BCUT2D eigenvalue weighted by Crippen LogP contribution is 2.45. The minimum absolute atomic E-state index is 0.854. The Balaban J connectivity index is 1.65. The van der Waals surface area contributed by atoms with Crippen molar-refractivity contribution in [3.63, 3.8) is 0 Å². The smallest absolute Gasteiger partial charge is 0.171 e. The van der Waals surface area contributed by atoms with Crippen LogP contribution in [0.3, 0.4) is 0 Å². The summed E-state index contributed by atoms with van der Waals surface area (Å²) in [6.07, 6.45) is 0. The fourth-order valence-electron chi connectivity index (χ4n) is 5.64. The Bertz CT molecular complexity index is 1910. The van der Waals surface area contributed by atoms with E-state index < -0.39 is 7.14 Å². The number of hydrogen-bond acceptors (Lipinski definition) is 1. The van der Waals surface area contributed by atoms with Crippen LogP contribution in [0.25, 0.3) is 43.1 Å². The molecule has 0 radical (unpaired) electrons. The van der Waals surface area contributed by atoms with Crippen molar-refractivity contribution in [2.24, 2.45) is 0 Å². The van der Waals surface area contributed by atoms with Gasteiger partial charge < -0.3 is 4.57 Å². The van der Waals surface area contributed by atoms with E-state index in [1.807, 2.05) is 60.7 Å². The molecule has 7 aromatic carbocycles. The highest BCUT2D eigenvalue weighted by Gasteiger charge is 2.31. The minimum Gasteiger partial charge on any atom is -0.309 e. The molecule has 2 heteroatoms. The summed E-state index contributed by atoms with van der Waals surface area (Å²) in [5, 5.41) is 12.1. The van der Waals surface area contributed by atoms with Gasteiger partial charge >= 0.3 is 0 Å². The second-order valence-electron chi connectivity index (χ2n) is 9.27. The van der Waals surface area contributed by atoms with Crippen molar-refractivity contribution < 1.29 is 4.57 Å². The van der Waals surface area contributed by atoms with Gasteiger partial charge in [0.2, 0.25) is 0 Å². The van der Waals surface area contributed by atoms with Gasteiger partial charge in [-0.15, -0.1) is 0 Å². The Morgan fingerprint density at radius 2 is 0.861 bits per heavy atom. The minimum atomic E-state index is -3.11. The van der Waals surface area contributed by atoms with Crippen molar-refractivity contribution in [3.8, 4) is 0 Å². The summed E-state index contributed by atoms with van der Waals surface area (Å²) >= 11 is 0. The molecule has 0 atom stereocenters. The lowest BCUT2D eigenvalue weighted by Gasteiger charge is -2.22. The molecular weight excluding hydrogens is 455 g/mol. The van der Waals surface area contributed by atoms with Crippen LogP contribution in [-0.4, -0.2) is 0 Å². The first-order valence-electron chi connectivity index (χ1n) is 12.2. The number of benzene rings is 7. The molecule has 0 heterocycles. The number of fused-ring (bicyclic) bond motifs is 7. The van der Waals surface area contributed by atoms with Crippen molar-refractivity contribution >= 4 is 66.1 Å². The largest absolute Gasteiger partial charge is 0.309 e. The molecule has 0 aromatic heterocycles. The van der Waals surface area contributed by atoms with Gasteiger partial charge in [-0.3, -0.25) is 0 Å². The quantitative estimate of drug-likeness (QED) is 0.186. The molecular formula is C34H23OP. The topological polar surface area (TPSA) is 17.1 Å². The summed E-state index contributed by atoms with van der Waals surface area (Å²) in [5.74, 6) is 0. The van der Waals surface area contributed by atoms with E-state index in [1.54, 1.807) is 0 Å². The normalized spacial score (nSPS) is 12.0. The summed E-state index contributed by atoms with van der Waals surface area (Å²) in [4.78, 5) is 0. The lowest BCUT2D eigenvalue weighted by Crippen LogP contribution is -2.25. The maximum atomic E-state index is 15.2. The van der Waals surface area contributed by atoms with Gasteiger partial charge in [0.1, 0.15) is 0 Å². The van der Waals surface area contributed by atoms with Crippen molar-refractivity contribution in [3.05, 3.63) is 140 Å². The second-order valence-corrected chi connectivity index (χ2v) is 12.0. The Morgan fingerprint density at radius 1 is 0.361 bits per heavy atom. The predicted octanol–water partition coefficient (Wildman–Crippen LogP) is 7.94. The molecule has 0 fully saturated rings. The summed E-state index contributed by atoms with van der Waals surface area (Å²) < 4.78 is 15.2. The van der Waals surface area contributed by atoms with Crippen LogP contribution in [0.4, 0.5) is 0 Å². The molecule has 0 amide bonds. The highest BCUT2D eigenvalue weighted by atomic mass is 31.2. The summed E-state index contributed by atoms with van der Waals surface area (Å²) in [7, 11) is -3.11. The van der Waals surface area contributed by atoms with E-state index in [1.165, 1.54) is 32.3 Å². The molecule has 0 aliphatic carbocycles. The van der Waals surface area contributed by atoms with E-state index in [2.05, 4.69) is 78.9 Å². The number of rotatable bonds is 3. The van der Waals surface area contributed by atoms with Crippen LogP contribution in [0.5, 0.6) is 0 Å². The second kappa shape index (κ2) is 8.19. The lowest BCUT2D eigenvalue weighted by molar-refractivity contribution is 0.592. The van der Waals surface area contributed by atoms with Crippen LogP contribution in [0.15, 0.2) is 140 Å². The van der Waals surface area contributed by atoms with Gasteiger partial charge in [0, 0.05) is 15.9 Å². The monoisotopic (exact) mass is 478 g/mol. The fourth-order valence-corrected chi connectivity index (χ4v) is 8.51. The molecule has 170 valence electrons. The van der Waals surface area contributed by atoms with E-state index in [0.29, 0.717) is 0 Å². The van der Waals surface area contributed by atoms with Crippen molar-refractivity contribution in [1.29, 1.82) is 0 Å². The maximum absolute atomic E-state index is 15.2. The predicted molar refractivity (Wildman–Crippen MR) is 156 cm³/mol. The van der Waals surface area contributed by atoms with Crippen LogP contribution in [0.2, 0.25) is 0 Å². The molecule has 1 nitrogen and oxygen atoms in total. The summed E-state index contributed by atoms with van der Waals surface area (Å²) in [6.45, 7) is 0. The van der Waals surface area contributed by atoms with Crippen LogP contribution in [0.1, 0.15) is 0 Å². The maximum Gasteiger partial charge on any atom is 0.171 e. The van der Waals surface area contributed by atoms with Crippen LogP contribution >= 0.6 is 7.14 Å². The molecule has 0 spiro atoms. The van der Waals surface area contributed by atoms with E-state index in [4.69, 9.17) is 0 Å². The third-order valence-electron chi connectivity index (χ3n) is 7.30. The molecule has 36 heavy (non-hydrogen) atoms. The Hall–Kier alpha value is -4.19. The molecule has 0 N–H and O–H groups in total. The Morgan fingerprint density at radius 3 is 1.53 bits per heavy atom. The Labute approximate surface area is 210 Å². The van der Waals surface area contributed by atoms with Crippen LogP contribution in [-0.2, 0) is 4.57 Å². The van der Waals surface area contributed by atoms with Gasteiger partial charge in [-0.05, 0) is 43.1 Å². The van der Waals surface area contributed by atoms with Crippen molar-refractivity contribution in [1.82, 2.24) is 0 Å². The first-order valence-corrected chi connectivity index (χ1v) is 13.9. The zero-order chi connectivity index (χ0) is 24.1. The van der Waals surface area contributed by atoms with Crippen LogP contribution < -0.4 is 15.9 Å². The molecule has 0 aliphatic heterocycles. The van der Waals surface area contributed by atoms with E-state index in [0.717, 1.165) is 26.7 Å². The first kappa shape index (κ1) is 21.1.